The molecule has 0 aliphatic carbocycles. The summed E-state index contributed by atoms with van der Waals surface area (Å²) in [5, 5.41) is 9.18. The van der Waals surface area contributed by atoms with Crippen LogP contribution >= 0.6 is 0 Å². The number of aromatic nitrogens is 2. The van der Waals surface area contributed by atoms with Gasteiger partial charge in [0, 0.05) is 45.6 Å². The monoisotopic (exact) mass is 340 g/mol. The minimum Gasteiger partial charge on any atom is -0.352 e. The molecule has 0 saturated carbocycles. The van der Waals surface area contributed by atoms with Crippen molar-refractivity contribution in [3.8, 4) is 6.07 Å². The van der Waals surface area contributed by atoms with Crippen molar-refractivity contribution in [3.63, 3.8) is 0 Å². The van der Waals surface area contributed by atoms with Crippen molar-refractivity contribution in [1.82, 2.24) is 14.9 Å². The van der Waals surface area contributed by atoms with Crippen LogP contribution < -0.4 is 9.80 Å². The summed E-state index contributed by atoms with van der Waals surface area (Å²) in [6.07, 6.45) is 3.09. The molecule has 0 radical (unpaired) electrons. The van der Waals surface area contributed by atoms with Gasteiger partial charge in [0.05, 0.1) is 5.56 Å². The molecule has 0 unspecified atom stereocenters. The first kappa shape index (κ1) is 16.6. The summed E-state index contributed by atoms with van der Waals surface area (Å²) in [4.78, 5) is 25.6. The van der Waals surface area contributed by atoms with Gasteiger partial charge in [-0.3, -0.25) is 4.90 Å². The van der Waals surface area contributed by atoms with E-state index in [1.165, 1.54) is 30.3 Å². The Morgan fingerprint density at radius 1 is 1.20 bits per heavy atom. The van der Waals surface area contributed by atoms with E-state index in [-0.39, 0.29) is 11.8 Å². The molecule has 0 atom stereocenters. The molecule has 25 heavy (non-hydrogen) atoms. The molecule has 2 aromatic heterocycles. The Labute approximate surface area is 144 Å². The predicted molar refractivity (Wildman–Crippen MR) is 90.7 cm³/mol. The fourth-order valence-corrected chi connectivity index (χ4v) is 2.77. The van der Waals surface area contributed by atoms with E-state index < -0.39 is 5.82 Å². The topological polar surface area (TPSA) is 76.4 Å². The quantitative estimate of drug-likeness (QED) is 0.834. The Morgan fingerprint density at radius 2 is 1.88 bits per heavy atom. The van der Waals surface area contributed by atoms with Gasteiger partial charge in [0.2, 0.25) is 0 Å². The fourth-order valence-electron chi connectivity index (χ4n) is 2.77. The lowest BCUT2D eigenvalue weighted by molar-refractivity contribution is 0.202. The van der Waals surface area contributed by atoms with E-state index in [0.717, 1.165) is 0 Å². The van der Waals surface area contributed by atoms with Crippen molar-refractivity contribution in [2.24, 2.45) is 0 Å². The first-order valence-corrected chi connectivity index (χ1v) is 7.85. The lowest BCUT2D eigenvalue weighted by Gasteiger charge is -2.37. The summed E-state index contributed by atoms with van der Waals surface area (Å²) in [5.41, 5.74) is 0.509. The smallest absolute Gasteiger partial charge is 0.325 e. The molecule has 2 aromatic rings. The lowest BCUT2D eigenvalue weighted by atomic mass is 10.2. The highest BCUT2D eigenvalue weighted by molar-refractivity contribution is 5.90. The number of hydrogen-bond donors (Lipinski definition) is 0. The summed E-state index contributed by atoms with van der Waals surface area (Å²) in [6.45, 7) is 2.02. The first-order valence-electron chi connectivity index (χ1n) is 7.85. The Morgan fingerprint density at radius 3 is 2.56 bits per heavy atom. The maximum Gasteiger partial charge on any atom is 0.325 e. The molecule has 2 amide bonds. The summed E-state index contributed by atoms with van der Waals surface area (Å²) < 4.78 is 13.8. The highest BCUT2D eigenvalue weighted by Crippen LogP contribution is 2.20. The second kappa shape index (κ2) is 7.13. The third-order valence-corrected chi connectivity index (χ3v) is 4.10. The summed E-state index contributed by atoms with van der Waals surface area (Å²) >= 11 is 0. The standard InChI is InChI=1S/C17H17FN6O/c1-22(16-14(18)5-3-7-21-16)17(25)24-10-8-23(9-11-24)15-13(12-19)4-2-6-20-15/h2-7H,8-11H2,1H3. The van der Waals surface area contributed by atoms with E-state index in [9.17, 15) is 14.4 Å². The normalized spacial score (nSPS) is 14.1. The Balaban J connectivity index is 1.67. The molecule has 1 aliphatic heterocycles. The van der Waals surface area contributed by atoms with Crippen LogP contribution in [0.25, 0.3) is 0 Å². The number of amides is 2. The van der Waals surface area contributed by atoms with Gasteiger partial charge >= 0.3 is 6.03 Å². The van der Waals surface area contributed by atoms with Crippen molar-refractivity contribution in [3.05, 3.63) is 48.0 Å². The third-order valence-electron chi connectivity index (χ3n) is 4.10. The van der Waals surface area contributed by atoms with Crippen LogP contribution in [-0.2, 0) is 0 Å². The average Bonchev–Trinajstić information content (AvgIpc) is 2.67. The van der Waals surface area contributed by atoms with Crippen LogP contribution in [-0.4, -0.2) is 54.1 Å². The summed E-state index contributed by atoms with van der Waals surface area (Å²) in [5.74, 6) is 0.0942. The number of anilines is 2. The molecular formula is C17H17FN6O. The van der Waals surface area contributed by atoms with Gasteiger partial charge in [-0.2, -0.15) is 5.26 Å². The molecule has 0 bridgehead atoms. The Hall–Kier alpha value is -3.21. The number of piperazine rings is 1. The van der Waals surface area contributed by atoms with Crippen LogP contribution in [0, 0.1) is 17.1 Å². The van der Waals surface area contributed by atoms with E-state index >= 15 is 0 Å². The van der Waals surface area contributed by atoms with Crippen molar-refractivity contribution in [1.29, 1.82) is 5.26 Å². The number of nitriles is 1. The molecule has 0 aromatic carbocycles. The van der Waals surface area contributed by atoms with Gasteiger partial charge in [-0.1, -0.05) is 0 Å². The molecule has 0 N–H and O–H groups in total. The lowest BCUT2D eigenvalue weighted by Crippen LogP contribution is -2.52. The largest absolute Gasteiger partial charge is 0.352 e. The zero-order valence-corrected chi connectivity index (χ0v) is 13.8. The molecule has 3 heterocycles. The summed E-state index contributed by atoms with van der Waals surface area (Å²) in [6, 6.07) is 8.02. The summed E-state index contributed by atoms with van der Waals surface area (Å²) in [7, 11) is 1.51. The van der Waals surface area contributed by atoms with Crippen LogP contribution in [0.2, 0.25) is 0 Å². The molecule has 8 heteroatoms. The van der Waals surface area contributed by atoms with Crippen LogP contribution in [0.1, 0.15) is 5.56 Å². The predicted octanol–water partition coefficient (Wildman–Crippen LogP) is 1.87. The Bertz CT molecular complexity index is 813. The van der Waals surface area contributed by atoms with E-state index in [2.05, 4.69) is 16.0 Å². The van der Waals surface area contributed by atoms with Gasteiger partial charge in [0.1, 0.15) is 11.9 Å². The van der Waals surface area contributed by atoms with Crippen molar-refractivity contribution in [2.75, 3.05) is 43.0 Å². The van der Waals surface area contributed by atoms with Gasteiger partial charge in [0.15, 0.2) is 11.6 Å². The number of urea groups is 1. The molecule has 1 aliphatic rings. The second-order valence-electron chi connectivity index (χ2n) is 5.61. The first-order chi connectivity index (χ1) is 12.1. The Kier molecular flexibility index (Phi) is 4.75. The zero-order valence-electron chi connectivity index (χ0n) is 13.8. The molecule has 128 valence electrons. The van der Waals surface area contributed by atoms with Gasteiger partial charge in [-0.05, 0) is 24.3 Å². The fraction of sp³-hybridized carbons (Fsp3) is 0.294. The van der Waals surface area contributed by atoms with Gasteiger partial charge < -0.3 is 9.80 Å². The van der Waals surface area contributed by atoms with Gasteiger partial charge in [0.25, 0.3) is 0 Å². The highest BCUT2D eigenvalue weighted by Gasteiger charge is 2.27. The second-order valence-corrected chi connectivity index (χ2v) is 5.61. The third kappa shape index (κ3) is 3.35. The number of carbonyl (C=O) groups excluding carboxylic acids is 1. The molecule has 3 rings (SSSR count). The number of rotatable bonds is 2. The van der Waals surface area contributed by atoms with Crippen LogP contribution in [0.5, 0.6) is 0 Å². The molecule has 0 spiro atoms. The SMILES string of the molecule is CN(C(=O)N1CCN(c2ncccc2C#N)CC1)c1ncccc1F. The maximum atomic E-state index is 13.8. The molecular weight excluding hydrogens is 323 g/mol. The molecule has 1 fully saturated rings. The molecule has 1 saturated heterocycles. The van der Waals surface area contributed by atoms with E-state index in [1.54, 1.807) is 23.2 Å². The number of carbonyl (C=O) groups is 1. The van der Waals surface area contributed by atoms with Crippen LogP contribution in [0.3, 0.4) is 0 Å². The molecule has 7 nitrogen and oxygen atoms in total. The van der Waals surface area contributed by atoms with Crippen LogP contribution in [0.15, 0.2) is 36.7 Å². The minimum atomic E-state index is -0.538. The van der Waals surface area contributed by atoms with Crippen molar-refractivity contribution < 1.29 is 9.18 Å². The number of pyridine rings is 2. The highest BCUT2D eigenvalue weighted by atomic mass is 19.1. The van der Waals surface area contributed by atoms with E-state index in [1.807, 2.05) is 4.90 Å². The van der Waals surface area contributed by atoms with Gasteiger partial charge in [-0.15, -0.1) is 0 Å². The minimum absolute atomic E-state index is 0.00595. The number of nitrogens with zero attached hydrogens (tertiary/aromatic N) is 6. The van der Waals surface area contributed by atoms with Crippen molar-refractivity contribution in [2.45, 2.75) is 0 Å². The maximum absolute atomic E-state index is 13.8. The van der Waals surface area contributed by atoms with Gasteiger partial charge in [-0.25, -0.2) is 19.2 Å². The van der Waals surface area contributed by atoms with Crippen LogP contribution in [0.4, 0.5) is 20.8 Å². The zero-order chi connectivity index (χ0) is 17.8. The number of hydrogen-bond acceptors (Lipinski definition) is 5. The van der Waals surface area contributed by atoms with E-state index in [0.29, 0.717) is 37.6 Å². The average molecular weight is 340 g/mol. The van der Waals surface area contributed by atoms with E-state index in [4.69, 9.17) is 0 Å². The van der Waals surface area contributed by atoms with Crippen molar-refractivity contribution >= 4 is 17.7 Å². The number of halogens is 1.